The molecular formula is C35H50O4S2. The van der Waals surface area contributed by atoms with E-state index in [-0.39, 0.29) is 27.6 Å². The Labute approximate surface area is 257 Å². The minimum Gasteiger partial charge on any atom is -0.489 e. The van der Waals surface area contributed by atoms with Crippen LogP contribution in [0.3, 0.4) is 0 Å². The van der Waals surface area contributed by atoms with E-state index in [1.54, 1.807) is 0 Å². The summed E-state index contributed by atoms with van der Waals surface area (Å²) < 4.78 is 19.1. The van der Waals surface area contributed by atoms with Crippen molar-refractivity contribution in [2.75, 3.05) is 11.5 Å². The van der Waals surface area contributed by atoms with E-state index < -0.39 is 5.79 Å². The maximum Gasteiger partial charge on any atom is 0.163 e. The van der Waals surface area contributed by atoms with Gasteiger partial charge in [-0.15, -0.1) is 23.5 Å². The largest absolute Gasteiger partial charge is 0.489 e. The lowest BCUT2D eigenvalue weighted by Gasteiger charge is -2.52. The lowest BCUT2D eigenvalue weighted by molar-refractivity contribution is -0.302. The van der Waals surface area contributed by atoms with Crippen molar-refractivity contribution in [2.24, 2.45) is 11.3 Å². The maximum absolute atomic E-state index is 11.5. The minimum atomic E-state index is -0.580. The van der Waals surface area contributed by atoms with Gasteiger partial charge in [0, 0.05) is 12.3 Å². The number of carbonyl (C=O) groups is 1. The summed E-state index contributed by atoms with van der Waals surface area (Å²) in [6.45, 7) is 11.5. The zero-order valence-electron chi connectivity index (χ0n) is 25.7. The number of carbonyl (C=O) groups excluding carboxylic acids is 1. The summed E-state index contributed by atoms with van der Waals surface area (Å²) in [6, 6.07) is 18.8. The number of aldehydes is 1. The summed E-state index contributed by atoms with van der Waals surface area (Å²) in [5, 5.41) is 0. The second-order valence-electron chi connectivity index (χ2n) is 13.0. The summed E-state index contributed by atoms with van der Waals surface area (Å²) >= 11 is 4.21. The number of thioether (sulfide) groups is 2. The van der Waals surface area contributed by atoms with Gasteiger partial charge in [0.1, 0.15) is 18.6 Å². The molecule has 0 N–H and O–H groups in total. The molecule has 4 nitrogen and oxygen atoms in total. The van der Waals surface area contributed by atoms with Crippen LogP contribution >= 0.6 is 23.5 Å². The topological polar surface area (TPSA) is 44.8 Å². The highest BCUT2D eigenvalue weighted by atomic mass is 32.2. The van der Waals surface area contributed by atoms with Crippen LogP contribution in [0.25, 0.3) is 0 Å². The van der Waals surface area contributed by atoms with Crippen molar-refractivity contribution in [3.05, 3.63) is 65.7 Å². The van der Waals surface area contributed by atoms with Gasteiger partial charge in [-0.25, -0.2) is 0 Å². The van der Waals surface area contributed by atoms with Crippen molar-refractivity contribution >= 4 is 29.8 Å². The summed E-state index contributed by atoms with van der Waals surface area (Å²) in [5.74, 6) is 2.78. The first-order valence-corrected chi connectivity index (χ1v) is 17.4. The monoisotopic (exact) mass is 598 g/mol. The van der Waals surface area contributed by atoms with E-state index in [4.69, 9.17) is 14.2 Å². The van der Waals surface area contributed by atoms with Crippen molar-refractivity contribution in [1.29, 1.82) is 0 Å². The maximum atomic E-state index is 11.5. The molecule has 226 valence electrons. The molecular weight excluding hydrogens is 549 g/mol. The van der Waals surface area contributed by atoms with Crippen molar-refractivity contribution in [1.82, 2.24) is 0 Å². The first-order valence-electron chi connectivity index (χ1n) is 15.4. The lowest BCUT2D eigenvalue weighted by atomic mass is 9.77. The number of rotatable bonds is 14. The molecule has 2 saturated heterocycles. The molecule has 2 aromatic carbocycles. The normalized spacial score (nSPS) is 23.0. The van der Waals surface area contributed by atoms with Gasteiger partial charge in [0.15, 0.2) is 5.79 Å². The van der Waals surface area contributed by atoms with E-state index in [2.05, 4.69) is 88.5 Å². The van der Waals surface area contributed by atoms with Crippen LogP contribution < -0.4 is 4.74 Å². The first-order chi connectivity index (χ1) is 19.6. The molecule has 0 spiro atoms. The zero-order chi connectivity index (χ0) is 29.3. The Hall–Kier alpha value is -1.47. The highest BCUT2D eigenvalue weighted by Gasteiger charge is 2.50. The van der Waals surface area contributed by atoms with Crippen LogP contribution in [0, 0.1) is 11.3 Å². The molecule has 0 aliphatic carbocycles. The molecule has 2 fully saturated rings. The van der Waals surface area contributed by atoms with Gasteiger partial charge < -0.3 is 19.0 Å². The molecule has 4 rings (SSSR count). The summed E-state index contributed by atoms with van der Waals surface area (Å²) in [4.78, 5) is 11.5. The summed E-state index contributed by atoms with van der Waals surface area (Å²) in [5.41, 5.74) is 2.53. The van der Waals surface area contributed by atoms with Crippen LogP contribution in [-0.4, -0.2) is 39.9 Å². The van der Waals surface area contributed by atoms with Crippen molar-refractivity contribution in [3.8, 4) is 5.75 Å². The zero-order valence-corrected chi connectivity index (χ0v) is 27.4. The van der Waals surface area contributed by atoms with Gasteiger partial charge in [-0.3, -0.25) is 0 Å². The van der Waals surface area contributed by atoms with Crippen LogP contribution in [0.2, 0.25) is 0 Å². The van der Waals surface area contributed by atoms with Crippen LogP contribution in [0.4, 0.5) is 0 Å². The van der Waals surface area contributed by atoms with Crippen LogP contribution in [-0.2, 0) is 27.3 Å². The first kappa shape index (κ1) is 32.4. The molecule has 6 heteroatoms. The third-order valence-electron chi connectivity index (χ3n) is 8.37. The third-order valence-corrected chi connectivity index (χ3v) is 12.4. The predicted octanol–water partition coefficient (Wildman–Crippen LogP) is 9.10. The number of aryl methyl sites for hydroxylation is 1. The SMILES string of the molecule is C[C@@H](C=O)CC(C)(C)C1(C[C@H]2C[C@@H](CCCCc3cccc(OCc4ccccc4)c3)OC(C)(C)O2)SCCCS1. The highest BCUT2D eigenvalue weighted by Crippen LogP contribution is 2.59. The lowest BCUT2D eigenvalue weighted by Crippen LogP contribution is -2.50. The quantitative estimate of drug-likeness (QED) is 0.160. The molecule has 0 radical (unpaired) electrons. The van der Waals surface area contributed by atoms with Crippen LogP contribution in [0.5, 0.6) is 5.75 Å². The Morgan fingerprint density at radius 1 is 1.00 bits per heavy atom. The summed E-state index contributed by atoms with van der Waals surface area (Å²) in [7, 11) is 0. The molecule has 3 atom stereocenters. The van der Waals surface area contributed by atoms with Crippen molar-refractivity contribution in [3.63, 3.8) is 0 Å². The number of ether oxygens (including phenoxy) is 3. The van der Waals surface area contributed by atoms with Crippen molar-refractivity contribution < 1.29 is 19.0 Å². The average molecular weight is 599 g/mol. The van der Waals surface area contributed by atoms with Crippen LogP contribution in [0.15, 0.2) is 54.6 Å². The number of benzene rings is 2. The fourth-order valence-electron chi connectivity index (χ4n) is 6.42. The second kappa shape index (κ2) is 14.8. The Kier molecular flexibility index (Phi) is 11.7. The fourth-order valence-corrected chi connectivity index (χ4v) is 10.2. The summed E-state index contributed by atoms with van der Waals surface area (Å²) in [6.07, 6.45) is 9.92. The Morgan fingerprint density at radius 3 is 2.44 bits per heavy atom. The van der Waals surface area contributed by atoms with E-state index in [1.807, 2.05) is 24.3 Å². The fraction of sp³-hybridized carbons (Fsp3) is 0.629. The minimum absolute atomic E-state index is 0.0315. The Balaban J connectivity index is 1.30. The molecule has 2 aliphatic rings. The molecule has 0 unspecified atom stereocenters. The van der Waals surface area contributed by atoms with Gasteiger partial charge in [-0.2, -0.15) is 0 Å². The molecule has 2 aromatic rings. The van der Waals surface area contributed by atoms with E-state index >= 15 is 0 Å². The Bertz CT molecular complexity index is 1080. The highest BCUT2D eigenvalue weighted by molar-refractivity contribution is 8.18. The van der Waals surface area contributed by atoms with Crippen LogP contribution in [0.1, 0.15) is 90.7 Å². The molecule has 0 amide bonds. The van der Waals surface area contributed by atoms with Gasteiger partial charge in [0.2, 0.25) is 0 Å². The molecule has 0 aromatic heterocycles. The van der Waals surface area contributed by atoms with E-state index in [9.17, 15) is 4.79 Å². The standard InChI is InChI=1S/C35H50O4S2/c1-27(25-36)23-33(2,3)35(40-19-12-20-41-35)24-32-22-31(38-34(4,5)39-32)17-10-9-13-28-16-11-18-30(21-28)37-26-29-14-7-6-8-15-29/h6-8,11,14-16,18,21,25,27,31-32H,9-10,12-13,17,19-20,22-24,26H2,1-5H3/t27-,31-,32-/m1/s1. The molecule has 0 bridgehead atoms. The molecule has 2 aliphatic heterocycles. The van der Waals surface area contributed by atoms with Gasteiger partial charge in [0.05, 0.1) is 16.3 Å². The molecule has 2 heterocycles. The molecule has 0 saturated carbocycles. The van der Waals surface area contributed by atoms with Gasteiger partial charge in [-0.1, -0.05) is 69.7 Å². The number of hydrogen-bond donors (Lipinski definition) is 0. The second-order valence-corrected chi connectivity index (χ2v) is 16.0. The third kappa shape index (κ3) is 9.51. The number of hydrogen-bond acceptors (Lipinski definition) is 6. The van der Waals surface area contributed by atoms with Crippen molar-refractivity contribution in [2.45, 2.75) is 115 Å². The van der Waals surface area contributed by atoms with E-state index in [0.29, 0.717) is 6.61 Å². The predicted molar refractivity (Wildman–Crippen MR) is 174 cm³/mol. The number of unbranched alkanes of at least 4 members (excludes halogenated alkanes) is 1. The Morgan fingerprint density at radius 2 is 1.71 bits per heavy atom. The smallest absolute Gasteiger partial charge is 0.163 e. The van der Waals surface area contributed by atoms with Gasteiger partial charge in [-0.05, 0) is 92.6 Å². The van der Waals surface area contributed by atoms with Gasteiger partial charge >= 0.3 is 0 Å². The molecule has 41 heavy (non-hydrogen) atoms. The average Bonchev–Trinajstić information content (AvgIpc) is 2.94. The van der Waals surface area contributed by atoms with E-state index in [0.717, 1.165) is 57.0 Å². The van der Waals surface area contributed by atoms with E-state index in [1.165, 1.54) is 29.1 Å². The van der Waals surface area contributed by atoms with Gasteiger partial charge in [0.25, 0.3) is 0 Å².